The monoisotopic (exact) mass is 820 g/mol. The molecule has 316 valence electrons. The lowest BCUT2D eigenvalue weighted by Crippen LogP contribution is -2.11. The fourth-order valence-corrected chi connectivity index (χ4v) is 9.96. The highest BCUT2D eigenvalue weighted by molar-refractivity contribution is 6.13. The van der Waals surface area contributed by atoms with Crippen LogP contribution in [-0.2, 0) is 25.7 Å². The summed E-state index contributed by atoms with van der Waals surface area (Å²) in [6, 6.07) is 40.8. The summed E-state index contributed by atoms with van der Waals surface area (Å²) in [5.74, 6) is 3.90. The van der Waals surface area contributed by atoms with E-state index in [9.17, 15) is 0 Å². The van der Waals surface area contributed by atoms with E-state index in [1.807, 2.05) is 0 Å². The number of para-hydroxylation sites is 2. The first kappa shape index (κ1) is 41.4. The fraction of sp³-hybridized carbons (Fsp3) is 0.310. The van der Waals surface area contributed by atoms with Crippen molar-refractivity contribution < 1.29 is 18.9 Å². The average molecular weight is 821 g/mol. The molecule has 0 radical (unpaired) electrons. The second kappa shape index (κ2) is 18.2. The summed E-state index contributed by atoms with van der Waals surface area (Å²) >= 11 is 0. The molecule has 0 amide bonds. The molecule has 0 saturated heterocycles. The molecule has 0 fully saturated rings. The Kier molecular flexibility index (Phi) is 12.1. The van der Waals surface area contributed by atoms with E-state index < -0.39 is 0 Å². The summed E-state index contributed by atoms with van der Waals surface area (Å²) < 4.78 is 27.9. The van der Waals surface area contributed by atoms with Crippen LogP contribution >= 0.6 is 0 Å². The average Bonchev–Trinajstić information content (AvgIpc) is 3.28. The zero-order valence-corrected chi connectivity index (χ0v) is 37.5. The molecule has 9 rings (SSSR count). The number of aryl methyl sites for hydroxylation is 2. The molecule has 0 aromatic heterocycles. The van der Waals surface area contributed by atoms with Crippen molar-refractivity contribution in [1.29, 1.82) is 0 Å². The quantitative estimate of drug-likeness (QED) is 0.115. The van der Waals surface area contributed by atoms with Crippen molar-refractivity contribution in [3.05, 3.63) is 165 Å². The third-order valence-electron chi connectivity index (χ3n) is 12.6. The zero-order valence-electron chi connectivity index (χ0n) is 37.5. The molecule has 1 aliphatic carbocycles. The Bertz CT molecular complexity index is 2740. The summed E-state index contributed by atoms with van der Waals surface area (Å²) in [5.41, 5.74) is 12.0. The normalized spacial score (nSPS) is 12.6. The number of fused-ring (bicyclic) bond motifs is 16. The van der Waals surface area contributed by atoms with E-state index in [2.05, 4.69) is 151 Å². The number of hydrogen-bond donors (Lipinski definition) is 0. The summed E-state index contributed by atoms with van der Waals surface area (Å²) in [5, 5.41) is 10.0. The van der Waals surface area contributed by atoms with Crippen LogP contribution < -0.4 is 18.9 Å². The largest absolute Gasteiger partial charge is 0.493 e. The van der Waals surface area contributed by atoms with E-state index in [1.54, 1.807) is 0 Å². The molecule has 0 aliphatic heterocycles. The van der Waals surface area contributed by atoms with Crippen LogP contribution in [0.5, 0.6) is 23.0 Å². The first-order valence-electron chi connectivity index (χ1n) is 23.1. The van der Waals surface area contributed by atoms with Gasteiger partial charge in [-0.05, 0) is 139 Å². The van der Waals surface area contributed by atoms with Gasteiger partial charge < -0.3 is 18.9 Å². The minimum atomic E-state index is 0.628. The Balaban J connectivity index is 1.41. The van der Waals surface area contributed by atoms with Gasteiger partial charge in [-0.15, -0.1) is 0 Å². The van der Waals surface area contributed by atoms with E-state index in [-0.39, 0.29) is 0 Å². The predicted octanol–water partition coefficient (Wildman–Crippen LogP) is 14.7. The molecular weight excluding hydrogens is 761 g/mol. The maximum Gasteiger partial charge on any atom is 0.127 e. The van der Waals surface area contributed by atoms with Gasteiger partial charge >= 0.3 is 0 Å². The van der Waals surface area contributed by atoms with Crippen molar-refractivity contribution in [3.63, 3.8) is 0 Å². The molecule has 0 unspecified atom stereocenters. The number of ether oxygens (including phenoxy) is 4. The van der Waals surface area contributed by atoms with E-state index in [0.717, 1.165) is 48.7 Å². The molecule has 0 saturated carbocycles. The summed E-state index contributed by atoms with van der Waals surface area (Å²) in [7, 11) is 0. The van der Waals surface area contributed by atoms with Crippen molar-refractivity contribution in [3.8, 4) is 23.0 Å². The van der Waals surface area contributed by atoms with Crippen molar-refractivity contribution in [2.75, 3.05) is 26.4 Å². The van der Waals surface area contributed by atoms with Gasteiger partial charge in [0.05, 0.1) is 26.4 Å². The van der Waals surface area contributed by atoms with Gasteiger partial charge in [0, 0.05) is 36.8 Å². The molecule has 62 heavy (non-hydrogen) atoms. The Morgan fingerprint density at radius 1 is 0.355 bits per heavy atom. The fourth-order valence-electron chi connectivity index (χ4n) is 9.96. The van der Waals surface area contributed by atoms with Crippen molar-refractivity contribution in [1.82, 2.24) is 0 Å². The third-order valence-corrected chi connectivity index (χ3v) is 12.6. The van der Waals surface area contributed by atoms with Gasteiger partial charge in [-0.25, -0.2) is 0 Å². The molecule has 8 aromatic carbocycles. The standard InChI is InChI=1S/C58H60O4/c1-7-25-59-55-39-17-15-19-41(55)35-51-53-44(30-38(6)47-21-11-13-23-49(47)53)34-46(58(51)62-28-10-4)32-40-18-16-20-42(56(40)60-26-8-2)36-52-54-43(33-45(31-39)57(52)61-27-9-3)29-37(5)48-22-12-14-24-50(48)54/h11-24,29-30,33-34H,7-10,25-28,31-32,35-36H2,1-6H3. The molecule has 8 aromatic rings. The predicted molar refractivity (Wildman–Crippen MR) is 260 cm³/mol. The second-order valence-electron chi connectivity index (χ2n) is 17.3. The summed E-state index contributed by atoms with van der Waals surface area (Å²) in [4.78, 5) is 0. The molecule has 0 atom stereocenters. The first-order chi connectivity index (χ1) is 30.4. The van der Waals surface area contributed by atoms with E-state index in [0.29, 0.717) is 52.1 Å². The maximum absolute atomic E-state index is 7.02. The van der Waals surface area contributed by atoms with Gasteiger partial charge in [0.15, 0.2) is 0 Å². The van der Waals surface area contributed by atoms with E-state index in [4.69, 9.17) is 18.9 Å². The molecule has 4 heteroatoms. The molecule has 0 N–H and O–H groups in total. The maximum atomic E-state index is 7.02. The van der Waals surface area contributed by atoms with Crippen LogP contribution in [0.15, 0.2) is 109 Å². The van der Waals surface area contributed by atoms with Crippen LogP contribution in [0, 0.1) is 13.8 Å². The number of benzene rings is 8. The van der Waals surface area contributed by atoms with E-state index >= 15 is 0 Å². The minimum Gasteiger partial charge on any atom is -0.493 e. The minimum absolute atomic E-state index is 0.628. The van der Waals surface area contributed by atoms with Crippen LogP contribution in [0.1, 0.15) is 109 Å². The summed E-state index contributed by atoms with van der Waals surface area (Å²) in [6.07, 6.45) is 6.32. The molecule has 8 bridgehead atoms. The topological polar surface area (TPSA) is 36.9 Å². The Morgan fingerprint density at radius 3 is 1.06 bits per heavy atom. The highest BCUT2D eigenvalue weighted by atomic mass is 16.5. The summed E-state index contributed by atoms with van der Waals surface area (Å²) in [6.45, 7) is 15.8. The van der Waals surface area contributed by atoms with Gasteiger partial charge in [-0.1, -0.05) is 125 Å². The van der Waals surface area contributed by atoms with Crippen molar-refractivity contribution in [2.24, 2.45) is 0 Å². The van der Waals surface area contributed by atoms with Gasteiger partial charge in [0.1, 0.15) is 23.0 Å². The zero-order chi connectivity index (χ0) is 42.7. The molecule has 0 spiro atoms. The lowest BCUT2D eigenvalue weighted by Gasteiger charge is -2.25. The Morgan fingerprint density at radius 2 is 0.694 bits per heavy atom. The van der Waals surface area contributed by atoms with Crippen LogP contribution in [0.2, 0.25) is 0 Å². The molecular formula is C58H60O4. The van der Waals surface area contributed by atoms with Crippen molar-refractivity contribution in [2.45, 2.75) is 92.9 Å². The van der Waals surface area contributed by atoms with Gasteiger partial charge in [0.25, 0.3) is 0 Å². The molecule has 0 heterocycles. The third kappa shape index (κ3) is 7.74. The van der Waals surface area contributed by atoms with Crippen LogP contribution in [0.25, 0.3) is 43.1 Å². The Hall–Kier alpha value is -6.00. The highest BCUT2D eigenvalue weighted by Gasteiger charge is 2.26. The van der Waals surface area contributed by atoms with Crippen molar-refractivity contribution >= 4 is 43.1 Å². The highest BCUT2D eigenvalue weighted by Crippen LogP contribution is 2.46. The molecule has 1 aliphatic rings. The van der Waals surface area contributed by atoms with E-state index in [1.165, 1.54) is 98.7 Å². The lowest BCUT2D eigenvalue weighted by molar-refractivity contribution is 0.305. The molecule has 4 nitrogen and oxygen atoms in total. The van der Waals surface area contributed by atoms with Gasteiger partial charge in [0.2, 0.25) is 0 Å². The second-order valence-corrected chi connectivity index (χ2v) is 17.3. The SMILES string of the molecule is CCCOc1c2cccc1Cc1c(OCCC)c(cc3cc(C)c4ccccc4c13)Cc1cccc(c1OCCC)Cc1c(OCCC)c(cc3cc(C)c4ccccc4c13)C2. The van der Waals surface area contributed by atoms with Crippen LogP contribution in [0.3, 0.4) is 0 Å². The number of hydrogen-bond acceptors (Lipinski definition) is 4. The van der Waals surface area contributed by atoms with Crippen LogP contribution in [-0.4, -0.2) is 26.4 Å². The number of rotatable bonds is 12. The lowest BCUT2D eigenvalue weighted by atomic mass is 9.85. The van der Waals surface area contributed by atoms with Gasteiger partial charge in [-0.3, -0.25) is 0 Å². The smallest absolute Gasteiger partial charge is 0.127 e. The first-order valence-corrected chi connectivity index (χ1v) is 23.1. The Labute approximate surface area is 367 Å². The van der Waals surface area contributed by atoms with Gasteiger partial charge in [-0.2, -0.15) is 0 Å². The van der Waals surface area contributed by atoms with Crippen LogP contribution in [0.4, 0.5) is 0 Å².